The summed E-state index contributed by atoms with van der Waals surface area (Å²) in [6, 6.07) is 32.4. The number of aromatic nitrogens is 1. The van der Waals surface area contributed by atoms with Crippen molar-refractivity contribution in [1.29, 1.82) is 0 Å². The first-order chi connectivity index (χ1) is 23.2. The molecule has 0 spiro atoms. The lowest BCUT2D eigenvalue weighted by Gasteiger charge is -2.36. The number of benzene rings is 5. The molecule has 0 atom stereocenters. The van der Waals surface area contributed by atoms with E-state index in [0.717, 1.165) is 5.56 Å². The lowest BCUT2D eigenvalue weighted by Crippen LogP contribution is -2.49. The van der Waals surface area contributed by atoms with Gasteiger partial charge in [0.15, 0.2) is 11.3 Å². The molecule has 0 aliphatic carbocycles. The second-order valence-electron chi connectivity index (χ2n) is 10.9. The molecule has 1 fully saturated rings. The van der Waals surface area contributed by atoms with E-state index in [-0.39, 0.29) is 28.8 Å². The van der Waals surface area contributed by atoms with Gasteiger partial charge in [0.1, 0.15) is 34.3 Å². The van der Waals surface area contributed by atoms with Gasteiger partial charge in [-0.1, -0.05) is 42.5 Å². The molecule has 6 aromatic rings. The maximum absolute atomic E-state index is 14.8. The summed E-state index contributed by atoms with van der Waals surface area (Å²) in [5.74, 6) is 0.480. The van der Waals surface area contributed by atoms with Crippen LogP contribution in [0.1, 0.15) is 5.56 Å². The summed E-state index contributed by atoms with van der Waals surface area (Å²) >= 11 is 0. The first-order valence-corrected chi connectivity index (χ1v) is 14.8. The highest BCUT2D eigenvalue weighted by atomic mass is 19.1. The van der Waals surface area contributed by atoms with Crippen LogP contribution in [0.4, 0.5) is 10.1 Å². The van der Waals surface area contributed by atoms with Gasteiger partial charge in [0, 0.05) is 25.7 Å². The van der Waals surface area contributed by atoms with Gasteiger partial charge in [0.2, 0.25) is 5.89 Å². The largest absolute Gasteiger partial charge is 0.502 e. The van der Waals surface area contributed by atoms with Gasteiger partial charge >= 0.3 is 11.7 Å². The minimum atomic E-state index is -0.786. The highest BCUT2D eigenvalue weighted by Crippen LogP contribution is 2.33. The van der Waals surface area contributed by atoms with E-state index in [4.69, 9.17) is 19.0 Å². The van der Waals surface area contributed by atoms with E-state index in [2.05, 4.69) is 4.98 Å². The molecule has 1 aliphatic heterocycles. The summed E-state index contributed by atoms with van der Waals surface area (Å²) in [7, 11) is 0. The van der Waals surface area contributed by atoms with Gasteiger partial charge in [-0.05, 0) is 66.2 Å². The van der Waals surface area contributed by atoms with Crippen molar-refractivity contribution in [2.24, 2.45) is 5.92 Å². The first-order valence-electron chi connectivity index (χ1n) is 14.8. The van der Waals surface area contributed by atoms with Crippen LogP contribution in [0.25, 0.3) is 22.6 Å². The molecule has 1 saturated heterocycles. The molecular weight excluding hydrogens is 621 g/mol. The Balaban J connectivity index is 0.000000200. The van der Waals surface area contributed by atoms with Gasteiger partial charge in [-0.15, -0.1) is 0 Å². The van der Waals surface area contributed by atoms with Crippen LogP contribution >= 0.6 is 0 Å². The zero-order valence-corrected chi connectivity index (χ0v) is 25.2. The Morgan fingerprint density at radius 2 is 1.50 bits per heavy atom. The molecule has 0 unspecified atom stereocenters. The third-order valence-corrected chi connectivity index (χ3v) is 7.44. The molecule has 1 aromatic heterocycles. The van der Waals surface area contributed by atoms with Crippen LogP contribution in [-0.4, -0.2) is 44.1 Å². The molecule has 48 heavy (non-hydrogen) atoms. The number of hydrogen-bond acceptors (Lipinski definition) is 9. The number of nitro benzene ring substituents is 1. The van der Waals surface area contributed by atoms with E-state index >= 15 is 0 Å². The number of para-hydroxylation sites is 2. The number of hydrogen-bond donors (Lipinski definition) is 2. The SMILES string of the molecule is O=C(O)C1CN(Cc2ccc(-c3nc4cc(Oc5ccccc5)ccc4o3)c(F)c2)C1.O=[N+]([O-])c1cc(Oc2ccccc2)ccc1O. The lowest BCUT2D eigenvalue weighted by molar-refractivity contribution is -0.385. The van der Waals surface area contributed by atoms with Crippen molar-refractivity contribution in [2.75, 3.05) is 13.1 Å². The van der Waals surface area contributed by atoms with E-state index in [1.165, 1.54) is 24.3 Å². The number of carbonyl (C=O) groups is 1. The Morgan fingerprint density at radius 1 is 0.875 bits per heavy atom. The number of aliphatic carboxylic acids is 1. The van der Waals surface area contributed by atoms with Crippen molar-refractivity contribution in [3.63, 3.8) is 0 Å². The van der Waals surface area contributed by atoms with Gasteiger partial charge in [-0.25, -0.2) is 9.37 Å². The summed E-state index contributed by atoms with van der Waals surface area (Å²) in [6.45, 7) is 1.48. The third-order valence-electron chi connectivity index (χ3n) is 7.44. The molecule has 7 rings (SSSR count). The Labute approximate surface area is 273 Å². The van der Waals surface area contributed by atoms with Gasteiger partial charge in [0.05, 0.1) is 22.5 Å². The average Bonchev–Trinajstić information content (AvgIpc) is 3.48. The fourth-order valence-corrected chi connectivity index (χ4v) is 4.99. The molecule has 2 heterocycles. The molecule has 12 heteroatoms. The van der Waals surface area contributed by atoms with Crippen LogP contribution in [0.5, 0.6) is 28.7 Å². The van der Waals surface area contributed by atoms with Gasteiger partial charge in [-0.2, -0.15) is 0 Å². The molecule has 242 valence electrons. The highest BCUT2D eigenvalue weighted by molar-refractivity contribution is 5.78. The maximum Gasteiger partial charge on any atom is 0.314 e. The highest BCUT2D eigenvalue weighted by Gasteiger charge is 2.32. The van der Waals surface area contributed by atoms with E-state index < -0.39 is 16.7 Å². The number of aromatic hydroxyl groups is 1. The predicted molar refractivity (Wildman–Crippen MR) is 174 cm³/mol. The third kappa shape index (κ3) is 7.57. The van der Waals surface area contributed by atoms with Crippen LogP contribution in [0.3, 0.4) is 0 Å². The van der Waals surface area contributed by atoms with Crippen LogP contribution in [0.2, 0.25) is 0 Å². The summed E-state index contributed by atoms with van der Waals surface area (Å²) in [6.07, 6.45) is 0. The fraction of sp³-hybridized carbons (Fsp3) is 0.111. The molecule has 0 amide bonds. The predicted octanol–water partition coefficient (Wildman–Crippen LogP) is 8.04. The number of nitrogens with zero attached hydrogens (tertiary/aromatic N) is 3. The number of halogens is 1. The summed E-state index contributed by atoms with van der Waals surface area (Å²) in [4.78, 5) is 27.3. The van der Waals surface area contributed by atoms with Crippen molar-refractivity contribution >= 4 is 22.8 Å². The monoisotopic (exact) mass is 649 g/mol. The molecule has 0 radical (unpaired) electrons. The first kappa shape index (κ1) is 31.7. The van der Waals surface area contributed by atoms with Gasteiger partial charge in [0.25, 0.3) is 0 Å². The number of likely N-dealkylation sites (tertiary alicyclic amines) is 1. The number of phenols is 1. The van der Waals surface area contributed by atoms with Gasteiger partial charge in [-0.3, -0.25) is 19.8 Å². The van der Waals surface area contributed by atoms with E-state index in [9.17, 15) is 24.4 Å². The van der Waals surface area contributed by atoms with Crippen molar-refractivity contribution in [3.8, 4) is 40.2 Å². The van der Waals surface area contributed by atoms with Crippen LogP contribution < -0.4 is 9.47 Å². The number of rotatable bonds is 9. The number of carboxylic acid groups (broad SMARTS) is 1. The average molecular weight is 650 g/mol. The topological polar surface area (TPSA) is 148 Å². The minimum Gasteiger partial charge on any atom is -0.502 e. The Hall–Kier alpha value is -6.27. The summed E-state index contributed by atoms with van der Waals surface area (Å²) < 4.78 is 31.8. The Bertz CT molecular complexity index is 2070. The molecule has 0 bridgehead atoms. The number of phenolic OH excluding ortho intramolecular Hbond substituents is 1. The number of carboxylic acids is 1. The molecule has 0 saturated carbocycles. The zero-order valence-electron chi connectivity index (χ0n) is 25.2. The molecular formula is C36H28FN3O8. The van der Waals surface area contributed by atoms with Crippen LogP contribution in [-0.2, 0) is 11.3 Å². The second kappa shape index (κ2) is 14.0. The Morgan fingerprint density at radius 3 is 2.10 bits per heavy atom. The second-order valence-corrected chi connectivity index (χ2v) is 10.9. The van der Waals surface area contributed by atoms with E-state index in [1.807, 2.05) is 47.4 Å². The van der Waals surface area contributed by atoms with Gasteiger partial charge < -0.3 is 24.1 Å². The van der Waals surface area contributed by atoms with Crippen LogP contribution in [0.15, 0.2) is 120 Å². The van der Waals surface area contributed by atoms with E-state index in [0.29, 0.717) is 53.7 Å². The quantitative estimate of drug-likeness (QED) is 0.116. The molecule has 5 aromatic carbocycles. The van der Waals surface area contributed by atoms with Crippen molar-refractivity contribution in [2.45, 2.75) is 6.54 Å². The van der Waals surface area contributed by atoms with Crippen molar-refractivity contribution in [3.05, 3.63) is 137 Å². The molecule has 11 nitrogen and oxygen atoms in total. The normalized spacial score (nSPS) is 12.9. The van der Waals surface area contributed by atoms with E-state index in [1.54, 1.807) is 48.5 Å². The fourth-order valence-electron chi connectivity index (χ4n) is 4.99. The summed E-state index contributed by atoms with van der Waals surface area (Å²) in [5, 5.41) is 28.9. The number of fused-ring (bicyclic) bond motifs is 1. The van der Waals surface area contributed by atoms with Crippen molar-refractivity contribution < 1.29 is 38.2 Å². The van der Waals surface area contributed by atoms with Crippen LogP contribution in [0, 0.1) is 21.8 Å². The molecule has 1 aliphatic rings. The zero-order chi connectivity index (χ0) is 33.6. The Kier molecular flexibility index (Phi) is 9.26. The lowest BCUT2D eigenvalue weighted by atomic mass is 9.99. The summed E-state index contributed by atoms with van der Waals surface area (Å²) in [5.41, 5.74) is 1.79. The number of oxazole rings is 1. The number of ether oxygens (including phenoxy) is 2. The minimum absolute atomic E-state index is 0.200. The number of nitro groups is 1. The smallest absolute Gasteiger partial charge is 0.314 e. The van der Waals surface area contributed by atoms with Crippen molar-refractivity contribution in [1.82, 2.24) is 9.88 Å². The maximum atomic E-state index is 14.8. The standard InChI is InChI=1S/C24H19FN2O4.C12H9NO4/c25-20-10-15(12-27-13-16(14-27)24(28)29)6-8-19(20)23-26-21-11-18(7-9-22(21)31-23)30-17-4-2-1-3-5-17;14-12-7-6-10(8-11(12)13(15)16)17-9-4-2-1-3-5-9/h1-11,16H,12-14H2,(H,28,29);1-8,14H. The molecule has 2 N–H and O–H groups in total.